The molecule has 0 bridgehead atoms. The van der Waals surface area contributed by atoms with Crippen LogP contribution >= 0.6 is 15.9 Å². The van der Waals surface area contributed by atoms with E-state index in [0.29, 0.717) is 13.2 Å². The first kappa shape index (κ1) is 14.7. The molecular weight excluding hydrogens is 298 g/mol. The third kappa shape index (κ3) is 4.50. The largest absolute Gasteiger partial charge is 0.478 e. The predicted molar refractivity (Wildman–Crippen MR) is 74.7 cm³/mol. The van der Waals surface area contributed by atoms with Gasteiger partial charge in [-0.3, -0.25) is 0 Å². The molecule has 2 N–H and O–H groups in total. The van der Waals surface area contributed by atoms with Gasteiger partial charge in [0.05, 0.1) is 6.61 Å². The normalized spacial score (nSPS) is 11.4. The molecule has 1 rings (SSSR count). The van der Waals surface area contributed by atoms with Crippen molar-refractivity contribution in [3.63, 3.8) is 0 Å². The Morgan fingerprint density at radius 2 is 2.28 bits per heavy atom. The minimum atomic E-state index is -0.930. The van der Waals surface area contributed by atoms with Crippen LogP contribution in [0.3, 0.4) is 0 Å². The molecule has 0 aliphatic carbocycles. The lowest BCUT2D eigenvalue weighted by atomic mass is 10.1. The highest BCUT2D eigenvalue weighted by Gasteiger charge is 2.06. The maximum Gasteiger partial charge on any atom is 0.328 e. The minimum absolute atomic E-state index is 0.486. The lowest BCUT2D eigenvalue weighted by Crippen LogP contribution is -2.07. The number of carboxylic acid groups (broad SMARTS) is 1. The van der Waals surface area contributed by atoms with Crippen LogP contribution < -0.4 is 5.32 Å². The molecule has 0 spiro atoms. The zero-order valence-corrected chi connectivity index (χ0v) is 12.0. The molecule has 98 valence electrons. The van der Waals surface area contributed by atoms with E-state index in [4.69, 9.17) is 9.84 Å². The summed E-state index contributed by atoms with van der Waals surface area (Å²) in [6, 6.07) is 5.80. The number of rotatable bonds is 6. The van der Waals surface area contributed by atoms with E-state index >= 15 is 0 Å². The van der Waals surface area contributed by atoms with Crippen molar-refractivity contribution in [1.29, 1.82) is 0 Å². The number of halogens is 1. The second kappa shape index (κ2) is 7.18. The fourth-order valence-corrected chi connectivity index (χ4v) is 1.99. The van der Waals surface area contributed by atoms with Gasteiger partial charge >= 0.3 is 5.97 Å². The molecule has 0 heterocycles. The number of nitrogens with one attached hydrogen (secondary N) is 1. The van der Waals surface area contributed by atoms with Gasteiger partial charge in [-0.2, -0.15) is 0 Å². The lowest BCUT2D eigenvalue weighted by molar-refractivity contribution is -0.131. The van der Waals surface area contributed by atoms with Gasteiger partial charge in [-0.05, 0) is 24.6 Å². The van der Waals surface area contributed by atoms with Crippen LogP contribution in [0.1, 0.15) is 12.5 Å². The fraction of sp³-hybridized carbons (Fsp3) is 0.308. The number of hydrogen-bond acceptors (Lipinski definition) is 3. The number of ether oxygens (including phenoxy) is 1. The number of aliphatic carboxylic acids is 1. The second-order valence-corrected chi connectivity index (χ2v) is 4.74. The SMILES string of the molecule is COCc1c(Br)cccc1NC/C(C)=C/C(=O)O. The summed E-state index contributed by atoms with van der Waals surface area (Å²) in [5.41, 5.74) is 2.71. The average molecular weight is 314 g/mol. The molecule has 0 amide bonds. The Morgan fingerprint density at radius 1 is 1.56 bits per heavy atom. The molecule has 0 aliphatic heterocycles. The predicted octanol–water partition coefficient (Wildman–Crippen LogP) is 3.04. The molecule has 0 atom stereocenters. The Balaban J connectivity index is 2.78. The molecule has 0 aliphatic rings. The van der Waals surface area contributed by atoms with Gasteiger partial charge in [0, 0.05) is 35.5 Å². The van der Waals surface area contributed by atoms with E-state index in [0.717, 1.165) is 21.3 Å². The van der Waals surface area contributed by atoms with Gasteiger partial charge in [0.25, 0.3) is 0 Å². The molecule has 0 fully saturated rings. The van der Waals surface area contributed by atoms with Gasteiger partial charge in [-0.1, -0.05) is 22.0 Å². The number of carbonyl (C=O) groups is 1. The van der Waals surface area contributed by atoms with Crippen LogP contribution in [0.15, 0.2) is 34.3 Å². The summed E-state index contributed by atoms with van der Waals surface area (Å²) < 4.78 is 6.11. The lowest BCUT2D eigenvalue weighted by Gasteiger charge is -2.13. The van der Waals surface area contributed by atoms with E-state index in [1.807, 2.05) is 18.2 Å². The smallest absolute Gasteiger partial charge is 0.328 e. The van der Waals surface area contributed by atoms with Crippen molar-refractivity contribution < 1.29 is 14.6 Å². The topological polar surface area (TPSA) is 58.6 Å². The maximum absolute atomic E-state index is 10.5. The molecular formula is C13H16BrNO3. The van der Waals surface area contributed by atoms with Crippen molar-refractivity contribution in [3.05, 3.63) is 39.9 Å². The fourth-order valence-electron chi connectivity index (χ4n) is 1.51. The van der Waals surface area contributed by atoms with Crippen molar-refractivity contribution in [1.82, 2.24) is 0 Å². The van der Waals surface area contributed by atoms with E-state index in [-0.39, 0.29) is 0 Å². The monoisotopic (exact) mass is 313 g/mol. The molecule has 0 radical (unpaired) electrons. The van der Waals surface area contributed by atoms with Gasteiger partial charge in [0.2, 0.25) is 0 Å². The third-order valence-electron chi connectivity index (χ3n) is 2.34. The Hall–Kier alpha value is -1.33. The first-order valence-electron chi connectivity index (χ1n) is 5.45. The van der Waals surface area contributed by atoms with E-state index in [2.05, 4.69) is 21.2 Å². The molecule has 5 heteroatoms. The number of benzene rings is 1. The first-order chi connectivity index (χ1) is 8.54. The van der Waals surface area contributed by atoms with Crippen molar-refractivity contribution in [2.24, 2.45) is 0 Å². The molecule has 1 aromatic rings. The Labute approximate surface area is 115 Å². The minimum Gasteiger partial charge on any atom is -0.478 e. The summed E-state index contributed by atoms with van der Waals surface area (Å²) in [6.45, 7) is 2.75. The number of carboxylic acids is 1. The van der Waals surface area contributed by atoms with Crippen LogP contribution in [0.2, 0.25) is 0 Å². The molecule has 0 saturated heterocycles. The molecule has 0 aromatic heterocycles. The second-order valence-electron chi connectivity index (χ2n) is 3.88. The van der Waals surface area contributed by atoms with Crippen LogP contribution in [0.5, 0.6) is 0 Å². The highest BCUT2D eigenvalue weighted by Crippen LogP contribution is 2.25. The standard InChI is InChI=1S/C13H16BrNO3/c1-9(6-13(16)17)7-15-12-5-3-4-11(14)10(12)8-18-2/h3-6,15H,7-8H2,1-2H3,(H,16,17)/b9-6+. The molecule has 0 saturated carbocycles. The summed E-state index contributed by atoms with van der Waals surface area (Å²) in [5, 5.41) is 11.8. The molecule has 4 nitrogen and oxygen atoms in total. The zero-order chi connectivity index (χ0) is 13.5. The molecule has 1 aromatic carbocycles. The quantitative estimate of drug-likeness (QED) is 0.793. The molecule has 18 heavy (non-hydrogen) atoms. The number of anilines is 1. The highest BCUT2D eigenvalue weighted by molar-refractivity contribution is 9.10. The van der Waals surface area contributed by atoms with Crippen LogP contribution in [-0.2, 0) is 16.1 Å². The summed E-state index contributed by atoms with van der Waals surface area (Å²) >= 11 is 3.47. The third-order valence-corrected chi connectivity index (χ3v) is 3.08. The van der Waals surface area contributed by atoms with Crippen LogP contribution in [-0.4, -0.2) is 24.7 Å². The number of hydrogen-bond donors (Lipinski definition) is 2. The van der Waals surface area contributed by atoms with E-state index < -0.39 is 5.97 Å². The highest BCUT2D eigenvalue weighted by atomic mass is 79.9. The summed E-state index contributed by atoms with van der Waals surface area (Å²) in [7, 11) is 1.64. The summed E-state index contributed by atoms with van der Waals surface area (Å²) in [4.78, 5) is 10.5. The summed E-state index contributed by atoms with van der Waals surface area (Å²) in [6.07, 6.45) is 1.20. The number of methoxy groups -OCH3 is 1. The Morgan fingerprint density at radius 3 is 2.89 bits per heavy atom. The van der Waals surface area contributed by atoms with Gasteiger partial charge in [0.15, 0.2) is 0 Å². The van der Waals surface area contributed by atoms with E-state index in [9.17, 15) is 4.79 Å². The van der Waals surface area contributed by atoms with E-state index in [1.54, 1.807) is 14.0 Å². The molecule has 0 unspecified atom stereocenters. The maximum atomic E-state index is 10.5. The van der Waals surface area contributed by atoms with Crippen LogP contribution in [0, 0.1) is 0 Å². The van der Waals surface area contributed by atoms with Gasteiger partial charge in [-0.25, -0.2) is 4.79 Å². The van der Waals surface area contributed by atoms with Crippen molar-refractivity contribution in [2.75, 3.05) is 19.0 Å². The Bertz CT molecular complexity index is 458. The van der Waals surface area contributed by atoms with Gasteiger partial charge in [-0.15, -0.1) is 0 Å². The van der Waals surface area contributed by atoms with Crippen molar-refractivity contribution >= 4 is 27.6 Å². The zero-order valence-electron chi connectivity index (χ0n) is 10.4. The van der Waals surface area contributed by atoms with Gasteiger partial charge < -0.3 is 15.2 Å². The average Bonchev–Trinajstić information content (AvgIpc) is 2.29. The first-order valence-corrected chi connectivity index (χ1v) is 6.24. The van der Waals surface area contributed by atoms with Crippen molar-refractivity contribution in [2.45, 2.75) is 13.5 Å². The van der Waals surface area contributed by atoms with Crippen LogP contribution in [0.25, 0.3) is 0 Å². The van der Waals surface area contributed by atoms with Crippen LogP contribution in [0.4, 0.5) is 5.69 Å². The van der Waals surface area contributed by atoms with E-state index in [1.165, 1.54) is 6.08 Å². The van der Waals surface area contributed by atoms with Gasteiger partial charge in [0.1, 0.15) is 0 Å². The Kier molecular flexibility index (Phi) is 5.88. The summed E-state index contributed by atoms with van der Waals surface area (Å²) in [5.74, 6) is -0.930. The van der Waals surface area contributed by atoms with Crippen molar-refractivity contribution in [3.8, 4) is 0 Å².